The molecule has 1 aromatic carbocycles. The Balaban J connectivity index is 2.56. The van der Waals surface area contributed by atoms with Crippen LogP contribution in [0.1, 0.15) is 12.0 Å². The lowest BCUT2D eigenvalue weighted by Crippen LogP contribution is -2.23. The van der Waals surface area contributed by atoms with Gasteiger partial charge in [-0.2, -0.15) is 15.0 Å². The molecule has 0 amide bonds. The Morgan fingerprint density at radius 3 is 2.19 bits per heavy atom. The Morgan fingerprint density at radius 1 is 0.952 bits per heavy atom. The van der Waals surface area contributed by atoms with E-state index in [9.17, 15) is 14.4 Å². The van der Waals surface area contributed by atoms with Gasteiger partial charge in [0.1, 0.15) is 0 Å². The number of hydrogen-bond donors (Lipinski definition) is 0. The van der Waals surface area contributed by atoms with Gasteiger partial charge >= 0.3 is 0 Å². The quantitative estimate of drug-likeness (QED) is 0.624. The van der Waals surface area contributed by atoms with Gasteiger partial charge in [0, 0.05) is 12.0 Å². The molecule has 0 spiro atoms. The molecule has 0 aromatic heterocycles. The van der Waals surface area contributed by atoms with Crippen LogP contribution in [0, 0.1) is 0 Å². The molecule has 0 atom stereocenters. The number of allylic oxidation sites excluding steroid dienone is 1. The zero-order valence-electron chi connectivity index (χ0n) is 10.8. The largest absolute Gasteiger partial charge is 0.240 e. The Hall–Kier alpha value is -3.16. The molecule has 0 aliphatic heterocycles. The minimum atomic E-state index is -1.45. The molecule has 0 N–H and O–H groups in total. The van der Waals surface area contributed by atoms with E-state index in [2.05, 4.69) is 15.0 Å². The van der Waals surface area contributed by atoms with E-state index < -0.39 is 5.66 Å². The summed E-state index contributed by atoms with van der Waals surface area (Å²) in [7, 11) is 0. The van der Waals surface area contributed by atoms with Gasteiger partial charge in [-0.25, -0.2) is 14.4 Å². The molecule has 2 rings (SSSR count). The minimum absolute atomic E-state index is 0.166. The highest BCUT2D eigenvalue weighted by atomic mass is 16.1. The monoisotopic (exact) mass is 279 g/mol. The topological polar surface area (TPSA) is 88.3 Å². The van der Waals surface area contributed by atoms with Crippen LogP contribution in [-0.2, 0) is 14.4 Å². The highest BCUT2D eigenvalue weighted by Gasteiger charge is 2.31. The Morgan fingerprint density at radius 2 is 1.62 bits per heavy atom. The molecular formula is C15H9N3O3. The third-order valence-corrected chi connectivity index (χ3v) is 2.98. The van der Waals surface area contributed by atoms with Gasteiger partial charge in [-0.3, -0.25) is 0 Å². The molecule has 0 heterocycles. The molecule has 0 bridgehead atoms. The maximum Gasteiger partial charge on any atom is 0.240 e. The molecule has 1 aromatic rings. The summed E-state index contributed by atoms with van der Waals surface area (Å²) < 4.78 is 0. The first-order valence-corrected chi connectivity index (χ1v) is 5.99. The second-order valence-electron chi connectivity index (χ2n) is 4.21. The SMILES string of the molecule is O=C=NC1=CC(N=C=O)(N=C=O)CC=C1c1ccccc1. The van der Waals surface area contributed by atoms with Crippen molar-refractivity contribution in [3.63, 3.8) is 0 Å². The van der Waals surface area contributed by atoms with Crippen molar-refractivity contribution in [2.45, 2.75) is 12.1 Å². The van der Waals surface area contributed by atoms with Crippen LogP contribution in [0.2, 0.25) is 0 Å². The van der Waals surface area contributed by atoms with Crippen molar-refractivity contribution in [1.82, 2.24) is 0 Å². The van der Waals surface area contributed by atoms with Crippen LogP contribution < -0.4 is 0 Å². The molecule has 21 heavy (non-hydrogen) atoms. The average Bonchev–Trinajstić information content (AvgIpc) is 2.49. The van der Waals surface area contributed by atoms with Crippen LogP contribution in [0.4, 0.5) is 0 Å². The molecule has 0 unspecified atom stereocenters. The van der Waals surface area contributed by atoms with E-state index in [-0.39, 0.29) is 12.1 Å². The predicted molar refractivity (Wildman–Crippen MR) is 74.2 cm³/mol. The molecule has 0 radical (unpaired) electrons. The molecular weight excluding hydrogens is 270 g/mol. The lowest BCUT2D eigenvalue weighted by molar-refractivity contribution is 0.512. The second kappa shape index (κ2) is 6.33. The summed E-state index contributed by atoms with van der Waals surface area (Å²) in [5, 5.41) is 0. The third-order valence-electron chi connectivity index (χ3n) is 2.98. The summed E-state index contributed by atoms with van der Waals surface area (Å²) in [6.07, 6.45) is 7.41. The number of carbonyl (C=O) groups excluding carboxylic acids is 3. The zero-order chi connectivity index (χ0) is 15.1. The smallest absolute Gasteiger partial charge is 0.211 e. The van der Waals surface area contributed by atoms with Gasteiger partial charge in [0.15, 0.2) is 5.66 Å². The minimum Gasteiger partial charge on any atom is -0.211 e. The maximum absolute atomic E-state index is 10.6. The fraction of sp³-hybridized carbons (Fsp3) is 0.133. The van der Waals surface area contributed by atoms with Gasteiger partial charge in [-0.05, 0) is 11.6 Å². The molecule has 6 heteroatoms. The van der Waals surface area contributed by atoms with Crippen LogP contribution in [0.15, 0.2) is 63.2 Å². The number of hydrogen-bond acceptors (Lipinski definition) is 6. The van der Waals surface area contributed by atoms with Crippen molar-refractivity contribution >= 4 is 23.8 Å². The van der Waals surface area contributed by atoms with E-state index in [1.807, 2.05) is 30.3 Å². The molecule has 0 saturated carbocycles. The molecule has 6 nitrogen and oxygen atoms in total. The second-order valence-corrected chi connectivity index (χ2v) is 4.21. The highest BCUT2D eigenvalue weighted by Crippen LogP contribution is 2.35. The number of nitrogens with zero attached hydrogens (tertiary/aromatic N) is 3. The molecule has 102 valence electrons. The van der Waals surface area contributed by atoms with Crippen LogP contribution >= 0.6 is 0 Å². The summed E-state index contributed by atoms with van der Waals surface area (Å²) in [4.78, 5) is 42.3. The van der Waals surface area contributed by atoms with Crippen LogP contribution in [0.3, 0.4) is 0 Å². The predicted octanol–water partition coefficient (Wildman–Crippen LogP) is 2.06. The summed E-state index contributed by atoms with van der Waals surface area (Å²) >= 11 is 0. The normalized spacial score (nSPS) is 20.0. The first-order valence-electron chi connectivity index (χ1n) is 5.99. The number of benzene rings is 1. The van der Waals surface area contributed by atoms with Gasteiger partial charge in [0.05, 0.1) is 5.70 Å². The molecule has 1 aliphatic rings. The summed E-state index contributed by atoms with van der Waals surface area (Å²) in [6.45, 7) is 0. The zero-order valence-corrected chi connectivity index (χ0v) is 10.8. The Bertz CT molecular complexity index is 728. The fourth-order valence-electron chi connectivity index (χ4n) is 2.08. The summed E-state index contributed by atoms with van der Waals surface area (Å²) in [5.74, 6) is 0. The van der Waals surface area contributed by atoms with Crippen molar-refractivity contribution in [2.75, 3.05) is 0 Å². The van der Waals surface area contributed by atoms with E-state index in [0.29, 0.717) is 5.57 Å². The summed E-state index contributed by atoms with van der Waals surface area (Å²) in [5.41, 5.74) is 0.302. The molecule has 1 aliphatic carbocycles. The van der Waals surface area contributed by atoms with Gasteiger partial charge < -0.3 is 0 Å². The lowest BCUT2D eigenvalue weighted by atomic mass is 9.91. The number of rotatable bonds is 4. The van der Waals surface area contributed by atoms with Gasteiger partial charge in [0.25, 0.3) is 0 Å². The summed E-state index contributed by atoms with van der Waals surface area (Å²) in [6, 6.07) is 9.23. The molecule has 0 fully saturated rings. The van der Waals surface area contributed by atoms with Crippen molar-refractivity contribution in [2.24, 2.45) is 15.0 Å². The maximum atomic E-state index is 10.6. The number of isocyanates is 3. The van der Waals surface area contributed by atoms with Crippen molar-refractivity contribution in [3.05, 3.63) is 53.7 Å². The fourth-order valence-corrected chi connectivity index (χ4v) is 2.08. The van der Waals surface area contributed by atoms with E-state index in [0.717, 1.165) is 5.56 Å². The third kappa shape index (κ3) is 3.06. The van der Waals surface area contributed by atoms with E-state index >= 15 is 0 Å². The standard InChI is InChI=1S/C15H9N3O3/c19-9-16-14-8-15(17-10-20,18-11-21)7-6-13(14)12-4-2-1-3-5-12/h1-6,8H,7H2. The van der Waals surface area contributed by atoms with Gasteiger partial charge in [0.2, 0.25) is 18.2 Å². The first-order chi connectivity index (χ1) is 10.2. The highest BCUT2D eigenvalue weighted by molar-refractivity contribution is 5.81. The van der Waals surface area contributed by atoms with Crippen LogP contribution in [0.25, 0.3) is 5.57 Å². The van der Waals surface area contributed by atoms with Crippen LogP contribution in [-0.4, -0.2) is 23.9 Å². The van der Waals surface area contributed by atoms with Crippen molar-refractivity contribution in [3.8, 4) is 0 Å². The Labute approximate surface area is 120 Å². The van der Waals surface area contributed by atoms with Crippen molar-refractivity contribution in [1.29, 1.82) is 0 Å². The van der Waals surface area contributed by atoms with Crippen molar-refractivity contribution < 1.29 is 14.4 Å². The lowest BCUT2D eigenvalue weighted by Gasteiger charge is -2.23. The first kappa shape index (κ1) is 14.3. The average molecular weight is 279 g/mol. The Kier molecular flexibility index (Phi) is 4.30. The molecule has 0 saturated heterocycles. The van der Waals surface area contributed by atoms with E-state index in [1.54, 1.807) is 6.08 Å². The van der Waals surface area contributed by atoms with E-state index in [1.165, 1.54) is 24.3 Å². The van der Waals surface area contributed by atoms with Gasteiger partial charge in [-0.15, -0.1) is 0 Å². The number of aliphatic imine (C=N–C) groups is 3. The van der Waals surface area contributed by atoms with Gasteiger partial charge in [-0.1, -0.05) is 36.4 Å². The van der Waals surface area contributed by atoms with Crippen LogP contribution in [0.5, 0.6) is 0 Å². The van der Waals surface area contributed by atoms with E-state index in [4.69, 9.17) is 0 Å².